The Balaban J connectivity index is 1.78. The molecule has 1 saturated carbocycles. The smallest absolute Gasteiger partial charge is 0.351 e. The summed E-state index contributed by atoms with van der Waals surface area (Å²) in [7, 11) is 0. The number of hydrogen-bond donors (Lipinski definition) is 0. The summed E-state index contributed by atoms with van der Waals surface area (Å²) in [5.41, 5.74) is 0.111. The van der Waals surface area contributed by atoms with Crippen molar-refractivity contribution in [1.82, 2.24) is 5.16 Å². The van der Waals surface area contributed by atoms with Crippen LogP contribution in [0.3, 0.4) is 0 Å². The maximum absolute atomic E-state index is 12.5. The molecule has 0 atom stereocenters. The summed E-state index contributed by atoms with van der Waals surface area (Å²) < 4.78 is 41.8. The number of rotatable bonds is 3. The summed E-state index contributed by atoms with van der Waals surface area (Å²) in [6.07, 6.45) is 0.532. The highest BCUT2D eigenvalue weighted by Gasteiger charge is 2.36. The quantitative estimate of drug-likeness (QED) is 0.728. The van der Waals surface area contributed by atoms with Crippen molar-refractivity contribution in [2.75, 3.05) is 0 Å². The van der Waals surface area contributed by atoms with Crippen molar-refractivity contribution in [2.24, 2.45) is 5.92 Å². The first-order valence-electron chi connectivity index (χ1n) is 7.13. The second kappa shape index (κ2) is 5.87. The molecular weight excluding hydrogens is 315 g/mol. The van der Waals surface area contributed by atoms with Gasteiger partial charge in [0.05, 0.1) is 9.75 Å². The molecule has 3 nitrogen and oxygen atoms in total. The Morgan fingerprint density at radius 1 is 1.23 bits per heavy atom. The number of alkyl halides is 3. The first kappa shape index (κ1) is 15.3. The number of carbonyl (C=O) groups is 1. The fraction of sp³-hybridized carbons (Fsp3) is 0.467. The molecule has 0 bridgehead atoms. The van der Waals surface area contributed by atoms with E-state index in [1.165, 1.54) is 17.8 Å². The predicted octanol–water partition coefficient (Wildman–Crippen LogP) is 5.18. The van der Waals surface area contributed by atoms with Crippen molar-refractivity contribution in [2.45, 2.75) is 38.3 Å². The summed E-state index contributed by atoms with van der Waals surface area (Å²) in [5.74, 6) is -0.991. The predicted molar refractivity (Wildman–Crippen MR) is 75.7 cm³/mol. The van der Waals surface area contributed by atoms with Crippen LogP contribution >= 0.6 is 11.3 Å². The highest BCUT2D eigenvalue weighted by molar-refractivity contribution is 7.17. The van der Waals surface area contributed by atoms with Gasteiger partial charge in [0.2, 0.25) is 5.76 Å². The van der Waals surface area contributed by atoms with Gasteiger partial charge in [-0.05, 0) is 25.0 Å². The number of thiophene rings is 1. The Labute approximate surface area is 129 Å². The minimum absolute atomic E-state index is 0.0447. The molecular formula is C15H14F3NO2S. The molecule has 0 radical (unpaired) electrons. The highest BCUT2D eigenvalue weighted by atomic mass is 32.1. The Hall–Kier alpha value is -1.63. The van der Waals surface area contributed by atoms with Gasteiger partial charge in [-0.15, -0.1) is 11.3 Å². The van der Waals surface area contributed by atoms with E-state index in [-0.39, 0.29) is 17.4 Å². The van der Waals surface area contributed by atoms with Crippen LogP contribution in [-0.2, 0) is 6.18 Å². The molecule has 2 aromatic heterocycles. The summed E-state index contributed by atoms with van der Waals surface area (Å²) in [6.45, 7) is 0. The zero-order valence-corrected chi connectivity index (χ0v) is 12.5. The molecule has 0 aromatic carbocycles. The molecule has 7 heteroatoms. The van der Waals surface area contributed by atoms with Crippen LogP contribution in [0.15, 0.2) is 22.7 Å². The first-order chi connectivity index (χ1) is 10.4. The van der Waals surface area contributed by atoms with Crippen molar-refractivity contribution < 1.29 is 22.5 Å². The van der Waals surface area contributed by atoms with Crippen LogP contribution < -0.4 is 0 Å². The SMILES string of the molecule is O=C(c1ccc(-c2cc(C(F)(F)F)on2)s1)C1CCCCC1. The molecule has 3 rings (SSSR count). The summed E-state index contributed by atoms with van der Waals surface area (Å²) in [4.78, 5) is 13.5. The number of halogens is 3. The zero-order valence-electron chi connectivity index (χ0n) is 11.7. The van der Waals surface area contributed by atoms with Crippen molar-refractivity contribution in [1.29, 1.82) is 0 Å². The molecule has 2 aromatic rings. The van der Waals surface area contributed by atoms with E-state index in [0.717, 1.165) is 31.7 Å². The van der Waals surface area contributed by atoms with Crippen LogP contribution in [0.1, 0.15) is 47.5 Å². The summed E-state index contributed by atoms with van der Waals surface area (Å²) in [6, 6.07) is 4.15. The Morgan fingerprint density at radius 3 is 2.59 bits per heavy atom. The van der Waals surface area contributed by atoms with E-state index in [9.17, 15) is 18.0 Å². The third-order valence-electron chi connectivity index (χ3n) is 3.87. The van der Waals surface area contributed by atoms with Gasteiger partial charge >= 0.3 is 6.18 Å². The number of nitrogens with zero attached hydrogens (tertiary/aromatic N) is 1. The topological polar surface area (TPSA) is 43.1 Å². The molecule has 0 saturated heterocycles. The minimum atomic E-state index is -4.55. The monoisotopic (exact) mass is 329 g/mol. The van der Waals surface area contributed by atoms with E-state index in [0.29, 0.717) is 9.75 Å². The standard InChI is InChI=1S/C15H14F3NO2S/c16-15(17,18)13-8-10(19-21-13)11-6-7-12(22-11)14(20)9-4-2-1-3-5-9/h6-9H,1-5H2. The average molecular weight is 329 g/mol. The van der Waals surface area contributed by atoms with E-state index in [2.05, 4.69) is 9.68 Å². The van der Waals surface area contributed by atoms with E-state index in [1.54, 1.807) is 12.1 Å². The van der Waals surface area contributed by atoms with Gasteiger partial charge in [0, 0.05) is 12.0 Å². The first-order valence-corrected chi connectivity index (χ1v) is 7.95. The number of aromatic nitrogens is 1. The van der Waals surface area contributed by atoms with Crippen molar-refractivity contribution in [3.05, 3.63) is 28.8 Å². The largest absolute Gasteiger partial charge is 0.452 e. The number of hydrogen-bond acceptors (Lipinski definition) is 4. The Kier molecular flexibility index (Phi) is 4.08. The summed E-state index contributed by atoms with van der Waals surface area (Å²) >= 11 is 1.17. The van der Waals surface area contributed by atoms with Gasteiger partial charge in [0.15, 0.2) is 5.78 Å². The maximum Gasteiger partial charge on any atom is 0.452 e. The van der Waals surface area contributed by atoms with Crippen LogP contribution in [0, 0.1) is 5.92 Å². The van der Waals surface area contributed by atoms with Gasteiger partial charge in [-0.25, -0.2) is 0 Å². The molecule has 22 heavy (non-hydrogen) atoms. The second-order valence-corrected chi connectivity index (χ2v) is 6.52. The van der Waals surface area contributed by atoms with Crippen LogP contribution in [0.2, 0.25) is 0 Å². The lowest BCUT2D eigenvalue weighted by molar-refractivity contribution is -0.155. The molecule has 1 fully saturated rings. The van der Waals surface area contributed by atoms with Crippen LogP contribution in [-0.4, -0.2) is 10.9 Å². The second-order valence-electron chi connectivity index (χ2n) is 5.44. The lowest BCUT2D eigenvalue weighted by Gasteiger charge is -2.19. The minimum Gasteiger partial charge on any atom is -0.351 e. The molecule has 1 aliphatic rings. The number of carbonyl (C=O) groups excluding carboxylic acids is 1. The molecule has 118 valence electrons. The highest BCUT2D eigenvalue weighted by Crippen LogP contribution is 2.36. The van der Waals surface area contributed by atoms with Gasteiger partial charge in [0.1, 0.15) is 5.69 Å². The lowest BCUT2D eigenvalue weighted by Crippen LogP contribution is -2.16. The molecule has 0 spiro atoms. The average Bonchev–Trinajstić information content (AvgIpc) is 3.15. The number of ketones is 1. The molecule has 2 heterocycles. The molecule has 1 aliphatic carbocycles. The third-order valence-corrected chi connectivity index (χ3v) is 4.99. The maximum atomic E-state index is 12.5. The van der Waals surface area contributed by atoms with Crippen molar-refractivity contribution >= 4 is 17.1 Å². The van der Waals surface area contributed by atoms with E-state index in [1.807, 2.05) is 0 Å². The van der Waals surface area contributed by atoms with Crippen molar-refractivity contribution in [3.63, 3.8) is 0 Å². The fourth-order valence-corrected chi connectivity index (χ4v) is 3.68. The number of Topliss-reactive ketones (excluding diaryl/α,β-unsaturated/α-hetero) is 1. The van der Waals surface area contributed by atoms with E-state index in [4.69, 9.17) is 0 Å². The van der Waals surface area contributed by atoms with Gasteiger partial charge in [0.25, 0.3) is 0 Å². The molecule has 0 aliphatic heterocycles. The van der Waals surface area contributed by atoms with Crippen LogP contribution in [0.25, 0.3) is 10.6 Å². The van der Waals surface area contributed by atoms with E-state index < -0.39 is 11.9 Å². The van der Waals surface area contributed by atoms with Crippen molar-refractivity contribution in [3.8, 4) is 10.6 Å². The molecule has 0 amide bonds. The van der Waals surface area contributed by atoms with Gasteiger partial charge < -0.3 is 4.52 Å². The van der Waals surface area contributed by atoms with Gasteiger partial charge in [-0.1, -0.05) is 24.4 Å². The Bertz CT molecular complexity index is 668. The normalized spacial score (nSPS) is 16.9. The third kappa shape index (κ3) is 3.09. The lowest BCUT2D eigenvalue weighted by atomic mass is 9.86. The zero-order chi connectivity index (χ0) is 15.7. The van der Waals surface area contributed by atoms with Gasteiger partial charge in [-0.3, -0.25) is 4.79 Å². The molecule has 0 N–H and O–H groups in total. The van der Waals surface area contributed by atoms with E-state index >= 15 is 0 Å². The Morgan fingerprint density at radius 2 is 1.95 bits per heavy atom. The molecule has 0 unspecified atom stereocenters. The van der Waals surface area contributed by atoms with Crippen LogP contribution in [0.5, 0.6) is 0 Å². The fourth-order valence-electron chi connectivity index (χ4n) is 2.70. The van der Waals surface area contributed by atoms with Gasteiger partial charge in [-0.2, -0.15) is 13.2 Å². The van der Waals surface area contributed by atoms with Crippen LogP contribution in [0.4, 0.5) is 13.2 Å². The summed E-state index contributed by atoms with van der Waals surface area (Å²) in [5, 5.41) is 3.44.